The summed E-state index contributed by atoms with van der Waals surface area (Å²) < 4.78 is 6.42. The second-order valence-electron chi connectivity index (χ2n) is 10.3. The molecule has 4 rings (SSSR count). The largest absolute Gasteiger partial charge is 0.489 e. The van der Waals surface area contributed by atoms with Crippen molar-refractivity contribution in [3.05, 3.63) is 65.2 Å². The first-order valence-electron chi connectivity index (χ1n) is 13.8. The van der Waals surface area contributed by atoms with Crippen molar-refractivity contribution in [2.75, 3.05) is 20.1 Å². The third-order valence-corrected chi connectivity index (χ3v) is 7.64. The molecule has 0 spiro atoms. The molecule has 0 radical (unpaired) electrons. The highest BCUT2D eigenvalue weighted by molar-refractivity contribution is 5.92. The normalized spacial score (nSPS) is 25.4. The molecule has 0 aromatic heterocycles. The van der Waals surface area contributed by atoms with Crippen LogP contribution in [-0.4, -0.2) is 67.0 Å². The van der Waals surface area contributed by atoms with Crippen LogP contribution in [0.5, 0.6) is 5.75 Å². The molecule has 2 aromatic rings. The Kier molecular flexibility index (Phi) is 9.39. The molecular weight excluding hydrogens is 480 g/mol. The fourth-order valence-electron chi connectivity index (χ4n) is 5.13. The van der Waals surface area contributed by atoms with Gasteiger partial charge in [0.2, 0.25) is 17.7 Å². The number of hydrogen-bond acceptors (Lipinski definition) is 5. The fraction of sp³-hybridized carbons (Fsp3) is 0.500. The summed E-state index contributed by atoms with van der Waals surface area (Å²) in [4.78, 5) is 41.2. The Morgan fingerprint density at radius 3 is 2.42 bits per heavy atom. The molecule has 2 aliphatic rings. The fourth-order valence-corrected chi connectivity index (χ4v) is 5.13. The van der Waals surface area contributed by atoms with E-state index in [1.165, 1.54) is 10.5 Å². The maximum absolute atomic E-state index is 13.3. The summed E-state index contributed by atoms with van der Waals surface area (Å²) in [6.07, 6.45) is 4.25. The van der Waals surface area contributed by atoms with E-state index in [-0.39, 0.29) is 23.8 Å². The molecule has 204 valence electrons. The van der Waals surface area contributed by atoms with Crippen molar-refractivity contribution >= 4 is 17.7 Å². The highest BCUT2D eigenvalue weighted by Gasteiger charge is 2.31. The smallest absolute Gasteiger partial charge is 0.243 e. The maximum Gasteiger partial charge on any atom is 0.243 e. The molecule has 8 heteroatoms. The number of rotatable bonds is 3. The van der Waals surface area contributed by atoms with E-state index in [0.717, 1.165) is 42.6 Å². The average Bonchev–Trinajstić information content (AvgIpc) is 2.94. The lowest BCUT2D eigenvalue weighted by Crippen LogP contribution is -2.56. The summed E-state index contributed by atoms with van der Waals surface area (Å²) in [7, 11) is 1.64. The molecular formula is C30H40N4O4. The van der Waals surface area contributed by atoms with Crippen LogP contribution in [-0.2, 0) is 33.6 Å². The molecule has 0 saturated carbocycles. The van der Waals surface area contributed by atoms with Gasteiger partial charge in [0.15, 0.2) is 0 Å². The molecule has 0 fully saturated rings. The second-order valence-corrected chi connectivity index (χ2v) is 10.3. The number of nitrogens with zero attached hydrogens (tertiary/aromatic N) is 1. The summed E-state index contributed by atoms with van der Waals surface area (Å²) in [6.45, 7) is 4.69. The van der Waals surface area contributed by atoms with Gasteiger partial charge in [0.1, 0.15) is 23.9 Å². The molecule has 2 heterocycles. The molecule has 2 aromatic carbocycles. The van der Waals surface area contributed by atoms with E-state index in [2.05, 4.69) is 34.1 Å². The van der Waals surface area contributed by atoms with Gasteiger partial charge < -0.3 is 25.6 Å². The van der Waals surface area contributed by atoms with Crippen molar-refractivity contribution in [1.29, 1.82) is 0 Å². The number of likely N-dealkylation sites (N-methyl/N-ethyl adjacent to an activating group) is 1. The Morgan fingerprint density at radius 1 is 0.947 bits per heavy atom. The van der Waals surface area contributed by atoms with Gasteiger partial charge in [0.25, 0.3) is 0 Å². The van der Waals surface area contributed by atoms with Crippen molar-refractivity contribution in [2.24, 2.45) is 0 Å². The SMILES string of the molecule is CCC1NCC2CCc3cccc(c3O2)CCCNC(=O)[C@@H](Cc2ccccc2)NC(=O)[C@@H](C)N(C)C1=O. The summed E-state index contributed by atoms with van der Waals surface area (Å²) in [6, 6.07) is 14.0. The molecule has 0 saturated heterocycles. The molecule has 2 aliphatic heterocycles. The highest BCUT2D eigenvalue weighted by Crippen LogP contribution is 2.32. The molecule has 2 unspecified atom stereocenters. The first-order valence-corrected chi connectivity index (χ1v) is 13.8. The van der Waals surface area contributed by atoms with Crippen molar-refractivity contribution in [3.8, 4) is 5.75 Å². The number of nitrogens with one attached hydrogen (secondary N) is 3. The zero-order valence-electron chi connectivity index (χ0n) is 22.7. The van der Waals surface area contributed by atoms with Crippen LogP contribution in [0.3, 0.4) is 0 Å². The van der Waals surface area contributed by atoms with E-state index in [4.69, 9.17) is 4.74 Å². The predicted molar refractivity (Wildman–Crippen MR) is 147 cm³/mol. The predicted octanol–water partition coefficient (Wildman–Crippen LogP) is 2.39. The van der Waals surface area contributed by atoms with Gasteiger partial charge in [-0.25, -0.2) is 0 Å². The van der Waals surface area contributed by atoms with E-state index in [0.29, 0.717) is 25.9 Å². The Morgan fingerprint density at radius 2 is 1.68 bits per heavy atom. The third-order valence-electron chi connectivity index (χ3n) is 7.64. The van der Waals surface area contributed by atoms with Crippen LogP contribution < -0.4 is 20.7 Å². The highest BCUT2D eigenvalue weighted by atomic mass is 16.5. The summed E-state index contributed by atoms with van der Waals surface area (Å²) >= 11 is 0. The van der Waals surface area contributed by atoms with E-state index < -0.39 is 18.1 Å². The Bertz CT molecular complexity index is 1120. The lowest BCUT2D eigenvalue weighted by atomic mass is 9.97. The minimum atomic E-state index is -0.747. The van der Waals surface area contributed by atoms with Crippen LogP contribution in [0.2, 0.25) is 0 Å². The molecule has 8 nitrogen and oxygen atoms in total. The van der Waals surface area contributed by atoms with Crippen molar-refractivity contribution in [1.82, 2.24) is 20.9 Å². The van der Waals surface area contributed by atoms with Crippen LogP contribution >= 0.6 is 0 Å². The van der Waals surface area contributed by atoms with Crippen LogP contribution in [0, 0.1) is 0 Å². The number of hydrogen-bond donors (Lipinski definition) is 3. The van der Waals surface area contributed by atoms with Gasteiger partial charge in [-0.15, -0.1) is 0 Å². The van der Waals surface area contributed by atoms with E-state index >= 15 is 0 Å². The van der Waals surface area contributed by atoms with Crippen LogP contribution in [0.15, 0.2) is 48.5 Å². The topological polar surface area (TPSA) is 99.8 Å². The molecule has 0 aliphatic carbocycles. The molecule has 3 N–H and O–H groups in total. The van der Waals surface area contributed by atoms with Crippen LogP contribution in [0.4, 0.5) is 0 Å². The zero-order chi connectivity index (χ0) is 27.1. The van der Waals surface area contributed by atoms with Gasteiger partial charge in [0.05, 0.1) is 6.04 Å². The monoisotopic (exact) mass is 520 g/mol. The minimum Gasteiger partial charge on any atom is -0.489 e. The number of para-hydroxylation sites is 1. The maximum atomic E-state index is 13.3. The Labute approximate surface area is 225 Å². The first kappa shape index (κ1) is 27.6. The number of ether oxygens (including phenoxy) is 1. The van der Waals surface area contributed by atoms with Gasteiger partial charge in [0, 0.05) is 26.6 Å². The lowest BCUT2D eigenvalue weighted by Gasteiger charge is -2.32. The van der Waals surface area contributed by atoms with Gasteiger partial charge >= 0.3 is 0 Å². The van der Waals surface area contributed by atoms with E-state index in [9.17, 15) is 14.4 Å². The number of amides is 3. The van der Waals surface area contributed by atoms with Gasteiger partial charge in [-0.1, -0.05) is 55.5 Å². The van der Waals surface area contributed by atoms with Crippen molar-refractivity contribution in [2.45, 2.75) is 76.6 Å². The summed E-state index contributed by atoms with van der Waals surface area (Å²) in [5.41, 5.74) is 3.29. The molecule has 3 amide bonds. The minimum absolute atomic E-state index is 0.0335. The number of benzene rings is 2. The summed E-state index contributed by atoms with van der Waals surface area (Å²) in [5.74, 6) is 0.198. The third kappa shape index (κ3) is 6.72. The van der Waals surface area contributed by atoms with Crippen molar-refractivity contribution < 1.29 is 19.1 Å². The number of carbonyl (C=O) groups excluding carboxylic acids is 3. The van der Waals surface area contributed by atoms with Gasteiger partial charge in [-0.05, 0) is 55.7 Å². The number of carbonyl (C=O) groups is 3. The van der Waals surface area contributed by atoms with E-state index in [1.54, 1.807) is 14.0 Å². The number of aryl methyl sites for hydroxylation is 2. The van der Waals surface area contributed by atoms with Crippen molar-refractivity contribution in [3.63, 3.8) is 0 Å². The summed E-state index contributed by atoms with van der Waals surface area (Å²) in [5, 5.41) is 9.31. The Balaban J connectivity index is 1.57. The standard InChI is InChI=1S/C30H40N4O4/c1-4-25-30(37)34(3)20(2)28(35)33-26(18-21-10-6-5-7-11-21)29(36)31-17-9-14-22-12-8-13-23-15-16-24(19-32-25)38-27(22)23/h5-8,10-13,20,24-26,32H,4,9,14-19H2,1-3H3,(H,31,36)(H,33,35)/t20-,24?,25?,26-/m1/s1. The van der Waals surface area contributed by atoms with Crippen LogP contribution in [0.25, 0.3) is 0 Å². The lowest BCUT2D eigenvalue weighted by molar-refractivity contribution is -0.141. The molecule has 2 bridgehead atoms. The average molecular weight is 521 g/mol. The zero-order valence-corrected chi connectivity index (χ0v) is 22.7. The molecule has 38 heavy (non-hydrogen) atoms. The molecule has 4 atom stereocenters. The second kappa shape index (κ2) is 12.9. The Hall–Kier alpha value is -3.39. The van der Waals surface area contributed by atoms with E-state index in [1.807, 2.05) is 37.3 Å². The van der Waals surface area contributed by atoms with Crippen LogP contribution in [0.1, 0.15) is 49.8 Å². The first-order chi connectivity index (χ1) is 18.4. The van der Waals surface area contributed by atoms with Gasteiger partial charge in [-0.3, -0.25) is 14.4 Å². The quantitative estimate of drug-likeness (QED) is 0.577. The number of fused-ring (bicyclic) bond motifs is 1. The van der Waals surface area contributed by atoms with Gasteiger partial charge in [-0.2, -0.15) is 0 Å².